The van der Waals surface area contributed by atoms with Gasteiger partial charge in [0.25, 0.3) is 0 Å². The minimum atomic E-state index is -0.436. The second kappa shape index (κ2) is 18.2. The molecule has 0 spiro atoms. The molecular formula is C21H38N2O3. The van der Waals surface area contributed by atoms with Crippen molar-refractivity contribution in [1.82, 2.24) is 0 Å². The van der Waals surface area contributed by atoms with Crippen LogP contribution >= 0.6 is 0 Å². The molecule has 1 aromatic carbocycles. The van der Waals surface area contributed by atoms with Crippen molar-refractivity contribution in [3.63, 3.8) is 0 Å². The third kappa shape index (κ3) is 13.7. The highest BCUT2D eigenvalue weighted by molar-refractivity contribution is 5.92. The van der Waals surface area contributed by atoms with Crippen molar-refractivity contribution in [2.24, 2.45) is 11.5 Å². The standard InChI is InChI=1S/C19H30O3.C2H8N2/c1-2-3-4-5-6-7-8-9-10-13-16-22-19(21)17-14-11-12-15-18(17)20;3-1-2-4/h11-12,14-15,20H,2-10,13,16H2,1H3;1-4H2. The van der Waals surface area contributed by atoms with Gasteiger partial charge in [0, 0.05) is 13.1 Å². The Morgan fingerprint density at radius 1 is 0.885 bits per heavy atom. The number of hydrogen-bond donors (Lipinski definition) is 3. The summed E-state index contributed by atoms with van der Waals surface area (Å²) in [5, 5.41) is 9.56. The lowest BCUT2D eigenvalue weighted by atomic mass is 10.1. The Labute approximate surface area is 159 Å². The summed E-state index contributed by atoms with van der Waals surface area (Å²) < 4.78 is 5.18. The largest absolute Gasteiger partial charge is 0.507 e. The minimum absolute atomic E-state index is 0.0180. The summed E-state index contributed by atoms with van der Waals surface area (Å²) in [4.78, 5) is 11.7. The SMILES string of the molecule is CCCCCCCCCCCCOC(=O)c1ccccc1O.NCCN. The molecule has 1 rings (SSSR count). The lowest BCUT2D eigenvalue weighted by molar-refractivity contribution is 0.0494. The second-order valence-electron chi connectivity index (χ2n) is 6.41. The van der Waals surface area contributed by atoms with E-state index in [9.17, 15) is 9.90 Å². The summed E-state index contributed by atoms with van der Waals surface area (Å²) in [6.45, 7) is 3.87. The highest BCUT2D eigenvalue weighted by atomic mass is 16.5. The summed E-state index contributed by atoms with van der Waals surface area (Å²) >= 11 is 0. The number of hydrogen-bond acceptors (Lipinski definition) is 5. The lowest BCUT2D eigenvalue weighted by Crippen LogP contribution is -2.11. The number of ether oxygens (including phenoxy) is 1. The molecule has 0 heterocycles. The Hall–Kier alpha value is -1.59. The highest BCUT2D eigenvalue weighted by Gasteiger charge is 2.10. The van der Waals surface area contributed by atoms with Crippen LogP contribution in [0.2, 0.25) is 0 Å². The zero-order valence-corrected chi connectivity index (χ0v) is 16.4. The molecule has 5 N–H and O–H groups in total. The molecule has 0 saturated heterocycles. The number of carbonyl (C=O) groups is 1. The molecule has 0 saturated carbocycles. The van der Waals surface area contributed by atoms with Gasteiger partial charge in [0.2, 0.25) is 0 Å². The van der Waals surface area contributed by atoms with Gasteiger partial charge in [-0.2, -0.15) is 0 Å². The van der Waals surface area contributed by atoms with E-state index < -0.39 is 5.97 Å². The Balaban J connectivity index is 0.00000141. The molecule has 0 aliphatic rings. The molecule has 0 atom stereocenters. The van der Waals surface area contributed by atoms with Crippen LogP contribution in [0.3, 0.4) is 0 Å². The first-order chi connectivity index (χ1) is 12.7. The number of nitrogens with two attached hydrogens (primary N) is 2. The maximum atomic E-state index is 11.7. The Kier molecular flexibility index (Phi) is 17.1. The first-order valence-corrected chi connectivity index (χ1v) is 10.0. The molecule has 1 aromatic rings. The Morgan fingerprint density at radius 2 is 1.38 bits per heavy atom. The normalized spacial score (nSPS) is 10.1. The minimum Gasteiger partial charge on any atom is -0.507 e. The van der Waals surface area contributed by atoms with E-state index in [1.54, 1.807) is 18.2 Å². The first kappa shape index (κ1) is 24.4. The number of rotatable bonds is 13. The molecule has 0 aromatic heterocycles. The molecular weight excluding hydrogens is 328 g/mol. The smallest absolute Gasteiger partial charge is 0.341 e. The zero-order valence-electron chi connectivity index (χ0n) is 16.4. The number of carbonyl (C=O) groups excluding carboxylic acids is 1. The monoisotopic (exact) mass is 366 g/mol. The van der Waals surface area contributed by atoms with Gasteiger partial charge < -0.3 is 21.3 Å². The van der Waals surface area contributed by atoms with Crippen LogP contribution in [0, 0.1) is 0 Å². The summed E-state index contributed by atoms with van der Waals surface area (Å²) in [6.07, 6.45) is 12.6. The predicted molar refractivity (Wildman–Crippen MR) is 108 cm³/mol. The fourth-order valence-corrected chi connectivity index (χ4v) is 2.48. The van der Waals surface area contributed by atoms with Crippen LogP contribution in [0.5, 0.6) is 5.75 Å². The molecule has 0 fully saturated rings. The molecule has 0 radical (unpaired) electrons. The van der Waals surface area contributed by atoms with Gasteiger partial charge in [0.05, 0.1) is 6.61 Å². The van der Waals surface area contributed by atoms with E-state index in [4.69, 9.17) is 16.2 Å². The van der Waals surface area contributed by atoms with Crippen molar-refractivity contribution >= 4 is 5.97 Å². The molecule has 0 amide bonds. The van der Waals surface area contributed by atoms with Crippen LogP contribution < -0.4 is 11.5 Å². The van der Waals surface area contributed by atoms with Crippen LogP contribution in [-0.2, 0) is 4.74 Å². The van der Waals surface area contributed by atoms with Crippen molar-refractivity contribution in [2.75, 3.05) is 19.7 Å². The van der Waals surface area contributed by atoms with Gasteiger partial charge >= 0.3 is 5.97 Å². The van der Waals surface area contributed by atoms with Crippen molar-refractivity contribution in [1.29, 1.82) is 0 Å². The van der Waals surface area contributed by atoms with Gasteiger partial charge in [-0.05, 0) is 18.6 Å². The van der Waals surface area contributed by atoms with Gasteiger partial charge in [0.15, 0.2) is 0 Å². The van der Waals surface area contributed by atoms with Crippen LogP contribution in [0.4, 0.5) is 0 Å². The van der Waals surface area contributed by atoms with Crippen LogP contribution in [0.25, 0.3) is 0 Å². The Bertz CT molecular complexity index is 451. The van der Waals surface area contributed by atoms with E-state index in [2.05, 4.69) is 6.92 Å². The first-order valence-electron chi connectivity index (χ1n) is 10.0. The number of aromatic hydroxyl groups is 1. The van der Waals surface area contributed by atoms with Gasteiger partial charge in [-0.3, -0.25) is 0 Å². The van der Waals surface area contributed by atoms with E-state index in [0.29, 0.717) is 19.7 Å². The van der Waals surface area contributed by atoms with Crippen LogP contribution in [-0.4, -0.2) is 30.8 Å². The number of unbranched alkanes of at least 4 members (excludes halogenated alkanes) is 9. The van der Waals surface area contributed by atoms with Crippen LogP contribution in [0.1, 0.15) is 81.5 Å². The average Bonchev–Trinajstić information content (AvgIpc) is 2.66. The molecule has 150 valence electrons. The summed E-state index contributed by atoms with van der Waals surface area (Å²) in [5.41, 5.74) is 10.1. The maximum absolute atomic E-state index is 11.7. The fourth-order valence-electron chi connectivity index (χ4n) is 2.48. The molecule has 26 heavy (non-hydrogen) atoms. The molecule has 5 heteroatoms. The fraction of sp³-hybridized carbons (Fsp3) is 0.667. The highest BCUT2D eigenvalue weighted by Crippen LogP contribution is 2.17. The third-order valence-electron chi connectivity index (χ3n) is 4.02. The molecule has 0 aliphatic carbocycles. The van der Waals surface area contributed by atoms with E-state index in [1.165, 1.54) is 57.4 Å². The quantitative estimate of drug-likeness (QED) is 0.355. The van der Waals surface area contributed by atoms with Gasteiger partial charge in [-0.25, -0.2) is 4.79 Å². The van der Waals surface area contributed by atoms with Crippen LogP contribution in [0.15, 0.2) is 24.3 Å². The zero-order chi connectivity index (χ0) is 19.5. The number of phenols is 1. The number of phenolic OH excluding ortho intramolecular Hbond substituents is 1. The third-order valence-corrected chi connectivity index (χ3v) is 4.02. The number of esters is 1. The maximum Gasteiger partial charge on any atom is 0.341 e. The molecule has 0 bridgehead atoms. The summed E-state index contributed by atoms with van der Waals surface area (Å²) in [6, 6.07) is 6.48. The molecule has 0 unspecified atom stereocenters. The number of para-hydroxylation sites is 1. The van der Waals surface area contributed by atoms with Gasteiger partial charge in [0.1, 0.15) is 11.3 Å². The van der Waals surface area contributed by atoms with Crippen molar-refractivity contribution < 1.29 is 14.6 Å². The topological polar surface area (TPSA) is 98.6 Å². The van der Waals surface area contributed by atoms with E-state index in [-0.39, 0.29) is 11.3 Å². The van der Waals surface area contributed by atoms with Crippen molar-refractivity contribution in [2.45, 2.75) is 71.1 Å². The summed E-state index contributed by atoms with van der Waals surface area (Å²) in [5.74, 6) is -0.454. The second-order valence-corrected chi connectivity index (χ2v) is 6.41. The van der Waals surface area contributed by atoms with Crippen molar-refractivity contribution in [3.05, 3.63) is 29.8 Å². The van der Waals surface area contributed by atoms with E-state index in [0.717, 1.165) is 12.8 Å². The summed E-state index contributed by atoms with van der Waals surface area (Å²) in [7, 11) is 0. The Morgan fingerprint density at radius 3 is 1.88 bits per heavy atom. The lowest BCUT2D eigenvalue weighted by Gasteiger charge is -2.06. The van der Waals surface area contributed by atoms with E-state index >= 15 is 0 Å². The van der Waals surface area contributed by atoms with Crippen molar-refractivity contribution in [3.8, 4) is 5.75 Å². The molecule has 0 aliphatic heterocycles. The van der Waals surface area contributed by atoms with E-state index in [1.807, 2.05) is 0 Å². The average molecular weight is 367 g/mol. The van der Waals surface area contributed by atoms with Gasteiger partial charge in [-0.1, -0.05) is 76.8 Å². The van der Waals surface area contributed by atoms with Gasteiger partial charge in [-0.15, -0.1) is 0 Å². The predicted octanol–water partition coefficient (Wildman–Crippen LogP) is 4.37. The molecule has 5 nitrogen and oxygen atoms in total. The number of benzene rings is 1.